The van der Waals surface area contributed by atoms with Crippen LogP contribution in [0.15, 0.2) is 11.6 Å². The maximum Gasteiger partial charge on any atom is 0.187 e. The number of rotatable bonds is 23. The van der Waals surface area contributed by atoms with Crippen LogP contribution in [0.25, 0.3) is 0 Å². The molecule has 0 radical (unpaired) electrons. The molecule has 34 heteroatoms. The van der Waals surface area contributed by atoms with Gasteiger partial charge in [-0.25, -0.2) is 0 Å². The minimum absolute atomic E-state index is 0.00824. The number of hydrogen-bond donors (Lipinski definition) is 22. The smallest absolute Gasteiger partial charge is 0.187 e. The van der Waals surface area contributed by atoms with Gasteiger partial charge in [-0.3, -0.25) is 0 Å². The highest BCUT2D eigenvalue weighted by Gasteiger charge is 2.71. The summed E-state index contributed by atoms with van der Waals surface area (Å²) in [5.41, 5.74) is -2.75. The van der Waals surface area contributed by atoms with Crippen LogP contribution in [0.5, 0.6) is 0 Å². The number of allylic oxidation sites excluding steroid dienone is 1. The summed E-state index contributed by atoms with van der Waals surface area (Å²) < 4.78 is 71.2. The monoisotopic (exact) mass is 1450 g/mol. The standard InChI is InChI=1S/C66H112O34/c1-24(25-15-16-64(6)34-12-10-26-27(66(34,8)35(71)17-65(25,64)7)11-14-36(62(26,2)3)97-58-51(85)46(80)41(75)32(95-58)22-89-56-49(83)43(77)38(72)28(18-67)91-56)9-13-37(63(4,5)88)98-61-55(47(81)42(76)33(96-61)23-90-57-50(84)44(78)39(73)29(19-68)92-57)100-60-53(87)48(82)54(31(21-70)94-60)99-59-52(86)45(79)40(74)30(20-69)93-59/h10,24-25,27-61,67-88H,9,11-23H2,1-8H3. The minimum Gasteiger partial charge on any atom is -0.394 e. The summed E-state index contributed by atoms with van der Waals surface area (Å²) in [4.78, 5) is 0. The van der Waals surface area contributed by atoms with Crippen LogP contribution in [-0.2, 0) is 56.8 Å². The summed E-state index contributed by atoms with van der Waals surface area (Å²) in [6, 6.07) is 0. The van der Waals surface area contributed by atoms with E-state index in [1.54, 1.807) is 0 Å². The highest BCUT2D eigenvalue weighted by Crippen LogP contribution is 2.75. The quantitative estimate of drug-likeness (QED) is 0.0423. The zero-order valence-electron chi connectivity index (χ0n) is 57.6. The summed E-state index contributed by atoms with van der Waals surface area (Å²) in [5, 5.41) is 239. The third-order valence-electron chi connectivity index (χ3n) is 25.0. The molecule has 0 aromatic carbocycles. The lowest BCUT2D eigenvalue weighted by Crippen LogP contribution is -2.67. The molecule has 9 fully saturated rings. The van der Waals surface area contributed by atoms with Gasteiger partial charge >= 0.3 is 0 Å². The molecule has 40 atom stereocenters. The highest BCUT2D eigenvalue weighted by molar-refractivity contribution is 5.32. The Morgan fingerprint density at radius 1 is 0.460 bits per heavy atom. The van der Waals surface area contributed by atoms with Crippen LogP contribution in [0.2, 0.25) is 0 Å². The fourth-order valence-corrected chi connectivity index (χ4v) is 18.5. The molecule has 0 spiro atoms. The van der Waals surface area contributed by atoms with E-state index in [4.69, 9.17) is 56.8 Å². The van der Waals surface area contributed by atoms with Crippen molar-refractivity contribution in [2.45, 2.75) is 315 Å². The van der Waals surface area contributed by atoms with Crippen LogP contribution in [0.4, 0.5) is 0 Å². The molecule has 40 unspecified atom stereocenters. The molecule has 6 heterocycles. The normalized spacial score (nSPS) is 52.1. The van der Waals surface area contributed by atoms with Gasteiger partial charge in [0, 0.05) is 10.8 Å². The predicted molar refractivity (Wildman–Crippen MR) is 333 cm³/mol. The van der Waals surface area contributed by atoms with Crippen LogP contribution >= 0.6 is 0 Å². The minimum atomic E-state index is -2.14. The summed E-state index contributed by atoms with van der Waals surface area (Å²) in [7, 11) is 0. The van der Waals surface area contributed by atoms with Crippen molar-refractivity contribution in [3.63, 3.8) is 0 Å². The van der Waals surface area contributed by atoms with Gasteiger partial charge in [-0.1, -0.05) is 53.2 Å². The third-order valence-corrected chi connectivity index (χ3v) is 25.0. The van der Waals surface area contributed by atoms with Gasteiger partial charge in [-0.15, -0.1) is 0 Å². The number of ether oxygens (including phenoxy) is 12. The molecule has 0 amide bonds. The van der Waals surface area contributed by atoms with E-state index in [2.05, 4.69) is 33.8 Å². The van der Waals surface area contributed by atoms with Crippen LogP contribution in [0.1, 0.15) is 107 Å². The molecule has 3 saturated carbocycles. The molecule has 0 aromatic rings. The number of fused-ring (bicyclic) bond motifs is 5. The van der Waals surface area contributed by atoms with Gasteiger partial charge in [-0.05, 0) is 99.7 Å². The fraction of sp³-hybridized carbons (Fsp3) is 0.970. The van der Waals surface area contributed by atoms with E-state index in [9.17, 15) is 112 Å². The molecule has 100 heavy (non-hydrogen) atoms. The first kappa shape index (κ1) is 80.9. The summed E-state index contributed by atoms with van der Waals surface area (Å²) in [5.74, 6) is -0.201. The molecule has 10 aliphatic rings. The number of aliphatic hydroxyl groups is 22. The van der Waals surface area contributed by atoms with Gasteiger partial charge in [0.05, 0.1) is 63.6 Å². The first-order valence-corrected chi connectivity index (χ1v) is 35.1. The molecular formula is C66H112O34. The second kappa shape index (κ2) is 31.5. The molecule has 6 saturated heterocycles. The average molecular weight is 1450 g/mol. The summed E-state index contributed by atoms with van der Waals surface area (Å²) >= 11 is 0. The van der Waals surface area contributed by atoms with Gasteiger partial charge in [0.15, 0.2) is 37.7 Å². The van der Waals surface area contributed by atoms with Gasteiger partial charge in [0.25, 0.3) is 0 Å². The van der Waals surface area contributed by atoms with Crippen LogP contribution < -0.4 is 0 Å². The van der Waals surface area contributed by atoms with E-state index in [0.29, 0.717) is 32.1 Å². The number of aliphatic hydroxyl groups excluding tert-OH is 21. The van der Waals surface area contributed by atoms with Crippen molar-refractivity contribution in [2.24, 2.45) is 45.3 Å². The number of hydrogen-bond acceptors (Lipinski definition) is 34. The maximum atomic E-state index is 12.9. The van der Waals surface area contributed by atoms with Crippen LogP contribution in [0, 0.1) is 45.3 Å². The van der Waals surface area contributed by atoms with E-state index in [0.717, 1.165) is 18.4 Å². The van der Waals surface area contributed by atoms with Gasteiger partial charge in [-0.2, -0.15) is 0 Å². The van der Waals surface area contributed by atoms with E-state index in [1.165, 1.54) is 13.8 Å². The van der Waals surface area contributed by atoms with Crippen LogP contribution in [0.3, 0.4) is 0 Å². The molecule has 10 rings (SSSR count). The SMILES string of the molecule is CC(CCC(OC1OC(COC2OC(CO)C(O)C(O)C2O)C(O)C(O)C1OC1OC(CO)C(OC2OC(CO)C(O)C(O)C2O)C(O)C1O)C(C)(C)O)C1CCC2(C)C3CC=C4C(CCC(OC5OC(COC6OC(CO)C(O)C(O)C6O)C(O)C(O)C5O)C4(C)C)C3(C)C(O)CC12C. The molecule has 34 nitrogen and oxygen atoms in total. The van der Waals surface area contributed by atoms with E-state index >= 15 is 0 Å². The van der Waals surface area contributed by atoms with Crippen molar-refractivity contribution in [3.05, 3.63) is 11.6 Å². The van der Waals surface area contributed by atoms with Crippen molar-refractivity contribution in [3.8, 4) is 0 Å². The molecule has 6 aliphatic heterocycles. The zero-order valence-corrected chi connectivity index (χ0v) is 57.6. The Morgan fingerprint density at radius 3 is 1.37 bits per heavy atom. The second-order valence-electron chi connectivity index (χ2n) is 31.5. The first-order chi connectivity index (χ1) is 46.9. The highest BCUT2D eigenvalue weighted by atomic mass is 16.8. The largest absolute Gasteiger partial charge is 0.394 e. The average Bonchev–Trinajstić information content (AvgIpc) is 1.28. The van der Waals surface area contributed by atoms with Crippen molar-refractivity contribution in [1.29, 1.82) is 0 Å². The molecule has 4 aliphatic carbocycles. The summed E-state index contributed by atoms with van der Waals surface area (Å²) in [6.07, 6.45) is -48.5. The van der Waals surface area contributed by atoms with Crippen molar-refractivity contribution >= 4 is 0 Å². The summed E-state index contributed by atoms with van der Waals surface area (Å²) in [6.45, 7) is 11.3. The third kappa shape index (κ3) is 14.8. The van der Waals surface area contributed by atoms with Gasteiger partial charge < -0.3 is 169 Å². The molecule has 0 bridgehead atoms. The van der Waals surface area contributed by atoms with Gasteiger partial charge in [0.1, 0.15) is 146 Å². The molecule has 22 N–H and O–H groups in total. The van der Waals surface area contributed by atoms with E-state index in [1.807, 2.05) is 13.8 Å². The predicted octanol–water partition coefficient (Wildman–Crippen LogP) is -7.58. The molecule has 580 valence electrons. The van der Waals surface area contributed by atoms with Crippen molar-refractivity contribution in [1.82, 2.24) is 0 Å². The Kier molecular flexibility index (Phi) is 25.5. The Labute approximate surface area is 579 Å². The Hall–Kier alpha value is -1.62. The van der Waals surface area contributed by atoms with E-state index in [-0.39, 0.29) is 35.5 Å². The topological polar surface area (TPSA) is 556 Å². The Morgan fingerprint density at radius 2 is 0.870 bits per heavy atom. The second-order valence-corrected chi connectivity index (χ2v) is 31.5. The Balaban J connectivity index is 0.831. The lowest BCUT2D eigenvalue weighted by Gasteiger charge is -2.67. The Bertz CT molecular complexity index is 2670. The van der Waals surface area contributed by atoms with Crippen LogP contribution in [-0.4, -0.2) is 360 Å². The first-order valence-electron chi connectivity index (χ1n) is 35.1. The van der Waals surface area contributed by atoms with E-state index < -0.39 is 264 Å². The molecular weight excluding hydrogens is 1340 g/mol. The lowest BCUT2D eigenvalue weighted by molar-refractivity contribution is -0.391. The van der Waals surface area contributed by atoms with Crippen molar-refractivity contribution in [2.75, 3.05) is 39.6 Å². The fourth-order valence-electron chi connectivity index (χ4n) is 18.5. The maximum absolute atomic E-state index is 12.9. The zero-order chi connectivity index (χ0) is 73.5. The van der Waals surface area contributed by atoms with Crippen molar-refractivity contribution < 1.29 is 169 Å². The van der Waals surface area contributed by atoms with Gasteiger partial charge in [0.2, 0.25) is 0 Å². The molecule has 0 aromatic heterocycles. The lowest BCUT2D eigenvalue weighted by atomic mass is 9.38.